The van der Waals surface area contributed by atoms with Gasteiger partial charge in [-0.3, -0.25) is 9.59 Å². The molecule has 0 bridgehead atoms. The van der Waals surface area contributed by atoms with E-state index in [2.05, 4.69) is 0 Å². The molecule has 130 valence electrons. The van der Waals surface area contributed by atoms with Crippen LogP contribution in [0.3, 0.4) is 0 Å². The summed E-state index contributed by atoms with van der Waals surface area (Å²) >= 11 is 0. The number of amides is 2. The minimum atomic E-state index is -1.00. The summed E-state index contributed by atoms with van der Waals surface area (Å²) in [5, 5.41) is 0. The molecule has 0 spiro atoms. The first-order chi connectivity index (χ1) is 11.4. The van der Waals surface area contributed by atoms with Gasteiger partial charge in [0.05, 0.1) is 18.6 Å². The number of hydrogen-bond acceptors (Lipinski definition) is 3. The Morgan fingerprint density at radius 1 is 1.25 bits per heavy atom. The summed E-state index contributed by atoms with van der Waals surface area (Å²) < 4.78 is 32.9. The Hall–Kier alpha value is -2.02. The smallest absolute Gasteiger partial charge is 0.248 e. The van der Waals surface area contributed by atoms with Crippen molar-refractivity contribution in [1.82, 2.24) is 4.90 Å². The van der Waals surface area contributed by atoms with Gasteiger partial charge in [0.1, 0.15) is 11.6 Å². The second-order valence-electron chi connectivity index (χ2n) is 6.43. The third kappa shape index (κ3) is 2.88. The van der Waals surface area contributed by atoms with Crippen molar-refractivity contribution in [3.8, 4) is 0 Å². The SMILES string of the molecule is NC(=O)[C@H]1CN(C(=O)C2(c3ccc(F)cc3F)CCCC2)CCO1. The van der Waals surface area contributed by atoms with Gasteiger partial charge in [0.15, 0.2) is 6.10 Å². The second kappa shape index (κ2) is 6.47. The fourth-order valence-corrected chi connectivity index (χ4v) is 3.76. The largest absolute Gasteiger partial charge is 0.367 e. The number of hydrogen-bond donors (Lipinski definition) is 1. The molecule has 0 unspecified atom stereocenters. The zero-order valence-electron chi connectivity index (χ0n) is 13.3. The zero-order valence-corrected chi connectivity index (χ0v) is 13.3. The lowest BCUT2D eigenvalue weighted by Gasteiger charge is -2.38. The van der Waals surface area contributed by atoms with Crippen LogP contribution >= 0.6 is 0 Å². The molecule has 1 aliphatic heterocycles. The van der Waals surface area contributed by atoms with E-state index in [9.17, 15) is 18.4 Å². The number of carbonyl (C=O) groups excluding carboxylic acids is 2. The molecule has 0 radical (unpaired) electrons. The van der Waals surface area contributed by atoms with Gasteiger partial charge in [-0.25, -0.2) is 8.78 Å². The van der Waals surface area contributed by atoms with Gasteiger partial charge in [0.25, 0.3) is 0 Å². The quantitative estimate of drug-likeness (QED) is 0.907. The van der Waals surface area contributed by atoms with Crippen molar-refractivity contribution in [2.75, 3.05) is 19.7 Å². The van der Waals surface area contributed by atoms with Gasteiger partial charge in [-0.1, -0.05) is 18.9 Å². The number of nitrogens with two attached hydrogens (primary N) is 1. The Balaban J connectivity index is 1.93. The van der Waals surface area contributed by atoms with Gasteiger partial charge < -0.3 is 15.4 Å². The Morgan fingerprint density at radius 3 is 2.58 bits per heavy atom. The minimum Gasteiger partial charge on any atom is -0.367 e. The van der Waals surface area contributed by atoms with E-state index >= 15 is 0 Å². The van der Waals surface area contributed by atoms with Crippen LogP contribution in [0.15, 0.2) is 18.2 Å². The average Bonchev–Trinajstić information content (AvgIpc) is 3.05. The molecule has 1 saturated heterocycles. The van der Waals surface area contributed by atoms with E-state index in [0.29, 0.717) is 19.4 Å². The molecular formula is C17H20F2N2O3. The van der Waals surface area contributed by atoms with Crippen LogP contribution in [0.25, 0.3) is 0 Å². The average molecular weight is 338 g/mol. The maximum Gasteiger partial charge on any atom is 0.248 e. The van der Waals surface area contributed by atoms with E-state index in [0.717, 1.165) is 18.9 Å². The summed E-state index contributed by atoms with van der Waals surface area (Å²) in [5.74, 6) is -2.23. The number of primary amides is 1. The number of ether oxygens (including phenoxy) is 1. The van der Waals surface area contributed by atoms with Crippen LogP contribution in [0, 0.1) is 11.6 Å². The summed E-state index contributed by atoms with van der Waals surface area (Å²) in [6.07, 6.45) is 1.76. The molecule has 2 fully saturated rings. The van der Waals surface area contributed by atoms with Gasteiger partial charge in [0, 0.05) is 18.2 Å². The molecule has 3 rings (SSSR count). The molecule has 1 aliphatic carbocycles. The normalized spacial score (nSPS) is 23.2. The van der Waals surface area contributed by atoms with E-state index in [1.807, 2.05) is 0 Å². The summed E-state index contributed by atoms with van der Waals surface area (Å²) in [5.41, 5.74) is 4.49. The monoisotopic (exact) mass is 338 g/mol. The predicted molar refractivity (Wildman–Crippen MR) is 82.0 cm³/mol. The Morgan fingerprint density at radius 2 is 1.96 bits per heavy atom. The van der Waals surface area contributed by atoms with Crippen LogP contribution in [0.4, 0.5) is 8.78 Å². The van der Waals surface area contributed by atoms with Gasteiger partial charge in [0.2, 0.25) is 11.8 Å². The summed E-state index contributed by atoms with van der Waals surface area (Å²) in [6, 6.07) is 3.35. The van der Waals surface area contributed by atoms with Crippen LogP contribution in [-0.4, -0.2) is 42.5 Å². The van der Waals surface area contributed by atoms with Crippen molar-refractivity contribution in [2.24, 2.45) is 5.73 Å². The molecule has 2 N–H and O–H groups in total. The molecular weight excluding hydrogens is 318 g/mol. The fourth-order valence-electron chi connectivity index (χ4n) is 3.76. The highest BCUT2D eigenvalue weighted by atomic mass is 19.1. The molecule has 2 amide bonds. The Kier molecular flexibility index (Phi) is 4.54. The summed E-state index contributed by atoms with van der Waals surface area (Å²) in [7, 11) is 0. The number of rotatable bonds is 3. The van der Waals surface area contributed by atoms with Crippen molar-refractivity contribution in [3.05, 3.63) is 35.4 Å². The molecule has 1 heterocycles. The zero-order chi connectivity index (χ0) is 17.3. The summed E-state index contributed by atoms with van der Waals surface area (Å²) in [4.78, 5) is 26.0. The number of carbonyl (C=O) groups is 2. The van der Waals surface area contributed by atoms with Crippen LogP contribution < -0.4 is 5.73 Å². The third-order valence-corrected chi connectivity index (χ3v) is 4.98. The first kappa shape index (κ1) is 16.8. The minimum absolute atomic E-state index is 0.0682. The third-order valence-electron chi connectivity index (χ3n) is 4.98. The lowest BCUT2D eigenvalue weighted by Crippen LogP contribution is -2.55. The van der Waals surface area contributed by atoms with Gasteiger partial charge in [-0.2, -0.15) is 0 Å². The standard InChI is InChI=1S/C17H20F2N2O3/c18-11-3-4-12(13(19)9-11)17(5-1-2-6-17)16(23)21-7-8-24-14(10-21)15(20)22/h3-4,9,14H,1-2,5-8,10H2,(H2,20,22)/t14-/m1/s1. The topological polar surface area (TPSA) is 72.6 Å². The van der Waals surface area contributed by atoms with E-state index in [1.54, 1.807) is 0 Å². The van der Waals surface area contributed by atoms with Crippen LogP contribution in [0.1, 0.15) is 31.2 Å². The fraction of sp³-hybridized carbons (Fsp3) is 0.529. The molecule has 1 aromatic carbocycles. The van der Waals surface area contributed by atoms with Gasteiger partial charge >= 0.3 is 0 Å². The molecule has 1 atom stereocenters. The Labute approximate surface area is 138 Å². The number of morpholine rings is 1. The number of nitrogens with zero attached hydrogens (tertiary/aromatic N) is 1. The molecule has 5 nitrogen and oxygen atoms in total. The van der Waals surface area contributed by atoms with Crippen molar-refractivity contribution < 1.29 is 23.1 Å². The predicted octanol–water partition coefficient (Wildman–Crippen LogP) is 1.49. The van der Waals surface area contributed by atoms with Crippen molar-refractivity contribution in [1.29, 1.82) is 0 Å². The highest BCUT2D eigenvalue weighted by Gasteiger charge is 2.47. The molecule has 24 heavy (non-hydrogen) atoms. The van der Waals surface area contributed by atoms with Crippen LogP contribution in [-0.2, 0) is 19.7 Å². The lowest BCUT2D eigenvalue weighted by atomic mass is 9.77. The van der Waals surface area contributed by atoms with Crippen LogP contribution in [0.2, 0.25) is 0 Å². The first-order valence-electron chi connectivity index (χ1n) is 8.10. The van der Waals surface area contributed by atoms with E-state index in [1.165, 1.54) is 17.0 Å². The van der Waals surface area contributed by atoms with Crippen molar-refractivity contribution >= 4 is 11.8 Å². The molecule has 1 aromatic rings. The van der Waals surface area contributed by atoms with Gasteiger partial charge in [-0.15, -0.1) is 0 Å². The van der Waals surface area contributed by atoms with Crippen molar-refractivity contribution in [2.45, 2.75) is 37.2 Å². The van der Waals surface area contributed by atoms with Gasteiger partial charge in [-0.05, 0) is 18.9 Å². The van der Waals surface area contributed by atoms with Crippen molar-refractivity contribution in [3.63, 3.8) is 0 Å². The molecule has 0 aromatic heterocycles. The molecule has 1 saturated carbocycles. The maximum atomic E-state index is 14.4. The maximum absolute atomic E-state index is 14.4. The van der Waals surface area contributed by atoms with E-state index < -0.39 is 29.1 Å². The molecule has 7 heteroatoms. The lowest BCUT2D eigenvalue weighted by molar-refractivity contribution is -0.149. The van der Waals surface area contributed by atoms with E-state index in [-0.39, 0.29) is 24.6 Å². The highest BCUT2D eigenvalue weighted by Crippen LogP contribution is 2.44. The highest BCUT2D eigenvalue weighted by molar-refractivity contribution is 5.89. The first-order valence-corrected chi connectivity index (χ1v) is 8.10. The summed E-state index contributed by atoms with van der Waals surface area (Å²) in [6.45, 7) is 0.604. The van der Waals surface area contributed by atoms with E-state index in [4.69, 9.17) is 10.5 Å². The number of benzene rings is 1. The van der Waals surface area contributed by atoms with Crippen LogP contribution in [0.5, 0.6) is 0 Å². The second-order valence-corrected chi connectivity index (χ2v) is 6.43. The Bertz CT molecular complexity index is 659. The molecule has 2 aliphatic rings. The number of halogens is 2.